The van der Waals surface area contributed by atoms with Gasteiger partial charge in [0, 0.05) is 18.7 Å². The van der Waals surface area contributed by atoms with Crippen molar-refractivity contribution in [2.75, 3.05) is 18.9 Å². The fourth-order valence-corrected chi connectivity index (χ4v) is 5.05. The Morgan fingerprint density at radius 2 is 2.05 bits per heavy atom. The summed E-state index contributed by atoms with van der Waals surface area (Å²) >= 11 is 0. The van der Waals surface area contributed by atoms with Crippen LogP contribution in [-0.2, 0) is 9.53 Å². The standard InChI is InChI=1S/C26H23F3N8O2/c1-2-22(38)35-10-16(8-17(35)11-39-26(28)29)37-25-23(24(30)31-12-32-25)19(34-37)6-3-14-7-20-21(9-18(14)27)36(13-33-20)15-4-5-15/h2,7,9,12-13,15-17,26H,1,4-5,8,10-11H2,(H2,30,31,32)/t16-,17+/m0/s1. The largest absolute Gasteiger partial charge is 0.383 e. The van der Waals surface area contributed by atoms with Crippen molar-refractivity contribution in [3.05, 3.63) is 54.5 Å². The van der Waals surface area contributed by atoms with Gasteiger partial charge in [-0.05, 0) is 37.3 Å². The van der Waals surface area contributed by atoms with Gasteiger partial charge in [0.15, 0.2) is 5.65 Å². The van der Waals surface area contributed by atoms with Crippen molar-refractivity contribution >= 4 is 33.8 Å². The Morgan fingerprint density at radius 1 is 1.23 bits per heavy atom. The first-order valence-electron chi connectivity index (χ1n) is 12.3. The van der Waals surface area contributed by atoms with Gasteiger partial charge in [-0.2, -0.15) is 13.9 Å². The molecule has 1 aliphatic carbocycles. The molecule has 1 saturated heterocycles. The number of benzene rings is 1. The fraction of sp³-hybridized carbons (Fsp3) is 0.346. The van der Waals surface area contributed by atoms with E-state index >= 15 is 4.39 Å². The van der Waals surface area contributed by atoms with Crippen molar-refractivity contribution < 1.29 is 22.7 Å². The highest BCUT2D eigenvalue weighted by Crippen LogP contribution is 2.37. The van der Waals surface area contributed by atoms with Crippen molar-refractivity contribution in [3.8, 4) is 11.8 Å². The maximum atomic E-state index is 15.0. The lowest BCUT2D eigenvalue weighted by atomic mass is 10.1. The zero-order valence-electron chi connectivity index (χ0n) is 20.6. The van der Waals surface area contributed by atoms with Crippen LogP contribution in [0.3, 0.4) is 0 Å². The number of amides is 1. The van der Waals surface area contributed by atoms with Gasteiger partial charge in [-0.1, -0.05) is 12.5 Å². The first-order valence-corrected chi connectivity index (χ1v) is 12.3. The van der Waals surface area contributed by atoms with E-state index in [0.717, 1.165) is 24.4 Å². The van der Waals surface area contributed by atoms with Crippen LogP contribution in [-0.4, -0.2) is 65.9 Å². The number of nitrogen functional groups attached to an aromatic ring is 1. The molecule has 0 spiro atoms. The van der Waals surface area contributed by atoms with Gasteiger partial charge in [-0.25, -0.2) is 24.0 Å². The van der Waals surface area contributed by atoms with Gasteiger partial charge in [-0.15, -0.1) is 0 Å². The van der Waals surface area contributed by atoms with Crippen molar-refractivity contribution in [3.63, 3.8) is 0 Å². The summed E-state index contributed by atoms with van der Waals surface area (Å²) < 4.78 is 48.5. The molecule has 2 fully saturated rings. The molecule has 6 rings (SSSR count). The van der Waals surface area contributed by atoms with Crippen LogP contribution in [0.4, 0.5) is 19.0 Å². The first kappa shape index (κ1) is 24.9. The molecule has 1 amide bonds. The highest BCUT2D eigenvalue weighted by molar-refractivity contribution is 5.91. The fourth-order valence-electron chi connectivity index (χ4n) is 5.05. The SMILES string of the molecule is C=CC(=O)N1C[C@@H](n2nc(C#Cc3cc4ncn(C5CC5)c4cc3F)c3c(N)ncnc32)C[C@@H]1COC(F)F. The maximum Gasteiger partial charge on any atom is 0.345 e. The molecule has 2 N–H and O–H groups in total. The third kappa shape index (κ3) is 4.57. The number of fused-ring (bicyclic) bond motifs is 2. The second-order valence-electron chi connectivity index (χ2n) is 9.54. The third-order valence-electron chi connectivity index (χ3n) is 7.05. The molecule has 13 heteroatoms. The number of rotatable bonds is 6. The number of nitrogens with zero attached hydrogens (tertiary/aromatic N) is 7. The van der Waals surface area contributed by atoms with E-state index < -0.39 is 30.4 Å². The number of hydrogen-bond acceptors (Lipinski definition) is 7. The molecule has 39 heavy (non-hydrogen) atoms. The average Bonchev–Trinajstić information content (AvgIpc) is 3.37. The Kier molecular flexibility index (Phi) is 6.19. The lowest BCUT2D eigenvalue weighted by molar-refractivity contribution is -0.146. The van der Waals surface area contributed by atoms with Crippen molar-refractivity contribution in [2.24, 2.45) is 0 Å². The van der Waals surface area contributed by atoms with Crippen molar-refractivity contribution in [2.45, 2.75) is 44.0 Å². The van der Waals surface area contributed by atoms with Crippen LogP contribution >= 0.6 is 0 Å². The number of imidazole rings is 1. The first-order chi connectivity index (χ1) is 18.8. The smallest absolute Gasteiger partial charge is 0.345 e. The van der Waals surface area contributed by atoms with E-state index in [2.05, 4.69) is 43.2 Å². The number of likely N-dealkylation sites (tertiary alicyclic amines) is 1. The Balaban J connectivity index is 1.36. The summed E-state index contributed by atoms with van der Waals surface area (Å²) in [5.74, 6) is 4.96. The van der Waals surface area contributed by atoms with Gasteiger partial charge in [0.05, 0.1) is 47.0 Å². The van der Waals surface area contributed by atoms with Crippen LogP contribution in [0.1, 0.15) is 42.6 Å². The normalized spacial score (nSPS) is 19.1. The summed E-state index contributed by atoms with van der Waals surface area (Å²) in [6.45, 7) is 0.335. The summed E-state index contributed by atoms with van der Waals surface area (Å²) in [5.41, 5.74) is 8.23. The van der Waals surface area contributed by atoms with Crippen LogP contribution in [0.25, 0.3) is 22.1 Å². The molecule has 1 aliphatic heterocycles. The number of ether oxygens (including phenoxy) is 1. The molecule has 1 saturated carbocycles. The van der Waals surface area contributed by atoms with Gasteiger partial charge in [0.25, 0.3) is 0 Å². The Morgan fingerprint density at radius 3 is 2.79 bits per heavy atom. The molecular weight excluding hydrogens is 513 g/mol. The van der Waals surface area contributed by atoms with E-state index in [0.29, 0.717) is 22.6 Å². The second-order valence-corrected chi connectivity index (χ2v) is 9.54. The number of alkyl halides is 2. The van der Waals surface area contributed by atoms with Crippen molar-refractivity contribution in [1.29, 1.82) is 0 Å². The predicted molar refractivity (Wildman–Crippen MR) is 135 cm³/mol. The number of halogens is 3. The topological polar surface area (TPSA) is 117 Å². The maximum absolute atomic E-state index is 15.0. The Hall–Kier alpha value is -4.44. The van der Waals surface area contributed by atoms with Crippen LogP contribution < -0.4 is 5.73 Å². The minimum Gasteiger partial charge on any atom is -0.383 e. The highest BCUT2D eigenvalue weighted by atomic mass is 19.3. The van der Waals surface area contributed by atoms with Gasteiger partial charge in [-0.3, -0.25) is 4.79 Å². The molecule has 10 nitrogen and oxygen atoms in total. The van der Waals surface area contributed by atoms with E-state index in [1.165, 1.54) is 17.3 Å². The molecule has 2 aliphatic rings. The summed E-state index contributed by atoms with van der Waals surface area (Å²) in [6, 6.07) is 2.33. The zero-order valence-corrected chi connectivity index (χ0v) is 20.6. The van der Waals surface area contributed by atoms with Gasteiger partial charge in [0.1, 0.15) is 23.7 Å². The predicted octanol–water partition coefficient (Wildman–Crippen LogP) is 3.20. The minimum absolute atomic E-state index is 0.129. The van der Waals surface area contributed by atoms with E-state index in [-0.39, 0.29) is 36.6 Å². The molecule has 4 heterocycles. The van der Waals surface area contributed by atoms with E-state index in [1.807, 2.05) is 4.57 Å². The monoisotopic (exact) mass is 536 g/mol. The average molecular weight is 537 g/mol. The van der Waals surface area contributed by atoms with Gasteiger partial charge < -0.3 is 19.9 Å². The summed E-state index contributed by atoms with van der Waals surface area (Å²) in [7, 11) is 0. The van der Waals surface area contributed by atoms with E-state index in [4.69, 9.17) is 5.73 Å². The molecule has 0 radical (unpaired) electrons. The molecule has 0 unspecified atom stereocenters. The minimum atomic E-state index is -2.97. The molecule has 2 atom stereocenters. The summed E-state index contributed by atoms with van der Waals surface area (Å²) in [4.78, 5) is 26.6. The van der Waals surface area contributed by atoms with Crippen LogP contribution in [0, 0.1) is 17.7 Å². The molecular formula is C26H23F3N8O2. The third-order valence-corrected chi connectivity index (χ3v) is 7.05. The number of aromatic nitrogens is 6. The Bertz CT molecular complexity index is 1670. The highest BCUT2D eigenvalue weighted by Gasteiger charge is 2.37. The number of hydrogen-bond donors (Lipinski definition) is 1. The summed E-state index contributed by atoms with van der Waals surface area (Å²) in [6.07, 6.45) is 6.48. The number of carbonyl (C=O) groups excluding carboxylic acids is 1. The van der Waals surface area contributed by atoms with Gasteiger partial charge >= 0.3 is 6.61 Å². The summed E-state index contributed by atoms with van der Waals surface area (Å²) in [5, 5.41) is 4.96. The van der Waals surface area contributed by atoms with Crippen LogP contribution in [0.15, 0.2) is 37.4 Å². The van der Waals surface area contributed by atoms with E-state index in [1.54, 1.807) is 17.1 Å². The van der Waals surface area contributed by atoms with Crippen LogP contribution in [0.2, 0.25) is 0 Å². The quantitative estimate of drug-likeness (QED) is 0.297. The van der Waals surface area contributed by atoms with E-state index in [9.17, 15) is 13.6 Å². The lowest BCUT2D eigenvalue weighted by Crippen LogP contribution is -2.37. The van der Waals surface area contributed by atoms with Gasteiger partial charge in [0.2, 0.25) is 5.91 Å². The molecule has 4 aromatic rings. The lowest BCUT2D eigenvalue weighted by Gasteiger charge is -2.22. The van der Waals surface area contributed by atoms with Crippen LogP contribution in [0.5, 0.6) is 0 Å². The zero-order chi connectivity index (χ0) is 27.3. The Labute approximate surface area is 220 Å². The molecule has 1 aromatic carbocycles. The number of anilines is 1. The number of carbonyl (C=O) groups is 1. The number of nitrogens with two attached hydrogens (primary N) is 1. The molecule has 200 valence electrons. The van der Waals surface area contributed by atoms with Crippen molar-refractivity contribution in [1.82, 2.24) is 34.2 Å². The molecule has 3 aromatic heterocycles. The second kappa shape index (κ2) is 9.70. The molecule has 0 bridgehead atoms.